The molecule has 0 aromatic rings. The molecule has 1 atom stereocenters. The number of aliphatic hydroxyl groups excluding tert-OH is 1. The number of guanidine groups is 1. The molecule has 0 aliphatic rings. The first-order chi connectivity index (χ1) is 8.28. The van der Waals surface area contributed by atoms with Crippen LogP contribution in [-0.4, -0.2) is 37.3 Å². The summed E-state index contributed by atoms with van der Waals surface area (Å²) in [6.07, 6.45) is 8.22. The van der Waals surface area contributed by atoms with E-state index >= 15 is 0 Å². The molecule has 4 nitrogen and oxygen atoms in total. The van der Waals surface area contributed by atoms with Crippen molar-refractivity contribution in [3.63, 3.8) is 0 Å². The van der Waals surface area contributed by atoms with Crippen molar-refractivity contribution in [1.29, 1.82) is 0 Å². The summed E-state index contributed by atoms with van der Waals surface area (Å²) in [7, 11) is 0. The van der Waals surface area contributed by atoms with Gasteiger partial charge in [-0.1, -0.05) is 19.3 Å². The summed E-state index contributed by atoms with van der Waals surface area (Å²) in [5.74, 6) is 3.73. The number of aliphatic hydroxyl groups is 1. The maximum absolute atomic E-state index is 8.97. The van der Waals surface area contributed by atoms with Gasteiger partial charge in [-0.3, -0.25) is 4.99 Å². The van der Waals surface area contributed by atoms with Crippen molar-refractivity contribution in [3.8, 4) is 12.3 Å². The molecule has 0 saturated heterocycles. The maximum Gasteiger partial charge on any atom is 0.192 e. The van der Waals surface area contributed by atoms with E-state index in [0.29, 0.717) is 12.5 Å². The van der Waals surface area contributed by atoms with Crippen LogP contribution in [0.2, 0.25) is 0 Å². The zero-order chi connectivity index (χ0) is 12.9. The summed E-state index contributed by atoms with van der Waals surface area (Å²) in [6, 6.07) is 0. The molecule has 3 N–H and O–H groups in total. The van der Waals surface area contributed by atoms with E-state index in [1.165, 1.54) is 0 Å². The van der Waals surface area contributed by atoms with Crippen LogP contribution < -0.4 is 10.6 Å². The van der Waals surface area contributed by atoms with Crippen molar-refractivity contribution in [2.75, 3.05) is 26.2 Å². The van der Waals surface area contributed by atoms with Crippen LogP contribution in [0, 0.1) is 18.3 Å². The molecule has 0 aliphatic carbocycles. The van der Waals surface area contributed by atoms with Crippen LogP contribution in [0.1, 0.15) is 33.1 Å². The van der Waals surface area contributed by atoms with Crippen molar-refractivity contribution in [1.82, 2.24) is 10.6 Å². The molecular weight excluding hydrogens is 214 g/mol. The van der Waals surface area contributed by atoms with Gasteiger partial charge < -0.3 is 15.7 Å². The number of rotatable bonds is 8. The Morgan fingerprint density at radius 3 is 2.65 bits per heavy atom. The molecule has 0 amide bonds. The number of hydrogen-bond donors (Lipinski definition) is 3. The fourth-order valence-electron chi connectivity index (χ4n) is 1.61. The van der Waals surface area contributed by atoms with Crippen molar-refractivity contribution in [2.24, 2.45) is 10.9 Å². The number of terminal acetylenes is 1. The van der Waals surface area contributed by atoms with Crippen molar-refractivity contribution >= 4 is 5.96 Å². The van der Waals surface area contributed by atoms with E-state index in [-0.39, 0.29) is 6.61 Å². The van der Waals surface area contributed by atoms with Crippen LogP contribution in [0.15, 0.2) is 4.99 Å². The van der Waals surface area contributed by atoms with Gasteiger partial charge in [0.05, 0.1) is 6.54 Å². The Balaban J connectivity index is 4.21. The molecule has 0 aromatic heterocycles. The number of aliphatic imine (C=N–C) groups is 1. The van der Waals surface area contributed by atoms with Gasteiger partial charge in [0.2, 0.25) is 0 Å². The van der Waals surface area contributed by atoms with Gasteiger partial charge in [0, 0.05) is 19.7 Å². The van der Waals surface area contributed by atoms with Crippen LogP contribution in [0.25, 0.3) is 0 Å². The lowest BCUT2D eigenvalue weighted by Gasteiger charge is -2.14. The first-order valence-corrected chi connectivity index (χ1v) is 6.34. The van der Waals surface area contributed by atoms with Crippen LogP contribution >= 0.6 is 0 Å². The van der Waals surface area contributed by atoms with E-state index in [0.717, 1.165) is 38.3 Å². The van der Waals surface area contributed by atoms with Gasteiger partial charge in [-0.2, -0.15) is 0 Å². The minimum Gasteiger partial charge on any atom is -0.396 e. The first-order valence-electron chi connectivity index (χ1n) is 6.34. The number of hydrogen-bond acceptors (Lipinski definition) is 2. The Morgan fingerprint density at radius 2 is 2.12 bits per heavy atom. The molecular formula is C13H25N3O. The predicted molar refractivity (Wildman–Crippen MR) is 72.9 cm³/mol. The Morgan fingerprint density at radius 1 is 1.35 bits per heavy atom. The average molecular weight is 239 g/mol. The zero-order valence-corrected chi connectivity index (χ0v) is 11.0. The molecule has 0 saturated carbocycles. The summed E-state index contributed by atoms with van der Waals surface area (Å²) in [4.78, 5) is 4.48. The maximum atomic E-state index is 8.97. The highest BCUT2D eigenvalue weighted by Crippen LogP contribution is 2.10. The topological polar surface area (TPSA) is 56.7 Å². The Kier molecular flexibility index (Phi) is 10.5. The molecule has 98 valence electrons. The van der Waals surface area contributed by atoms with Gasteiger partial charge in [-0.05, 0) is 25.7 Å². The van der Waals surface area contributed by atoms with Crippen LogP contribution in [0.3, 0.4) is 0 Å². The lowest BCUT2D eigenvalue weighted by atomic mass is 10.0. The zero-order valence-electron chi connectivity index (χ0n) is 11.0. The number of nitrogens with zero attached hydrogens (tertiary/aromatic N) is 1. The van der Waals surface area contributed by atoms with E-state index in [1.54, 1.807) is 0 Å². The third kappa shape index (κ3) is 8.58. The second-order valence-corrected chi connectivity index (χ2v) is 3.94. The highest BCUT2D eigenvalue weighted by molar-refractivity contribution is 5.79. The fourth-order valence-corrected chi connectivity index (χ4v) is 1.61. The van der Waals surface area contributed by atoms with Gasteiger partial charge in [-0.15, -0.1) is 6.42 Å². The molecule has 0 heterocycles. The van der Waals surface area contributed by atoms with E-state index in [2.05, 4.69) is 28.5 Å². The molecule has 0 fully saturated rings. The highest BCUT2D eigenvalue weighted by Gasteiger charge is 2.06. The lowest BCUT2D eigenvalue weighted by Crippen LogP contribution is -2.37. The summed E-state index contributed by atoms with van der Waals surface area (Å²) in [5.41, 5.74) is 0. The second kappa shape index (κ2) is 11.3. The third-order valence-corrected chi connectivity index (χ3v) is 2.44. The minimum absolute atomic E-state index is 0.231. The molecule has 4 heteroatoms. The molecule has 0 radical (unpaired) electrons. The average Bonchev–Trinajstić information content (AvgIpc) is 2.33. The Hall–Kier alpha value is -1.21. The van der Waals surface area contributed by atoms with Crippen LogP contribution in [-0.2, 0) is 0 Å². The quantitative estimate of drug-likeness (QED) is 0.336. The van der Waals surface area contributed by atoms with Gasteiger partial charge in [0.15, 0.2) is 5.96 Å². The van der Waals surface area contributed by atoms with Gasteiger partial charge in [0.1, 0.15) is 0 Å². The van der Waals surface area contributed by atoms with Crippen LogP contribution in [0.5, 0.6) is 0 Å². The Bertz CT molecular complexity index is 240. The normalized spacial score (nSPS) is 12.9. The highest BCUT2D eigenvalue weighted by atomic mass is 16.3. The molecule has 17 heavy (non-hydrogen) atoms. The smallest absolute Gasteiger partial charge is 0.192 e. The summed E-state index contributed by atoms with van der Waals surface area (Å²) in [5, 5.41) is 15.2. The van der Waals surface area contributed by atoms with Crippen molar-refractivity contribution in [3.05, 3.63) is 0 Å². The second-order valence-electron chi connectivity index (χ2n) is 3.94. The molecule has 0 bridgehead atoms. The SMILES string of the molecule is C#CCNC(=NCC(CCC)CCO)NCC. The summed E-state index contributed by atoms with van der Waals surface area (Å²) in [6.45, 7) is 6.42. The monoisotopic (exact) mass is 239 g/mol. The molecule has 0 rings (SSSR count). The van der Waals surface area contributed by atoms with E-state index in [1.807, 2.05) is 6.92 Å². The Labute approximate surface area is 105 Å². The van der Waals surface area contributed by atoms with Gasteiger partial charge in [-0.25, -0.2) is 0 Å². The molecule has 0 aromatic carbocycles. The number of nitrogens with one attached hydrogen (secondary N) is 2. The first kappa shape index (κ1) is 15.8. The minimum atomic E-state index is 0.231. The van der Waals surface area contributed by atoms with Crippen molar-refractivity contribution < 1.29 is 5.11 Å². The molecule has 0 spiro atoms. The predicted octanol–water partition coefficient (Wildman–Crippen LogP) is 0.973. The summed E-state index contributed by atoms with van der Waals surface area (Å²) >= 11 is 0. The van der Waals surface area contributed by atoms with E-state index in [9.17, 15) is 0 Å². The largest absolute Gasteiger partial charge is 0.396 e. The van der Waals surface area contributed by atoms with Gasteiger partial charge >= 0.3 is 0 Å². The molecule has 0 aliphatic heterocycles. The van der Waals surface area contributed by atoms with E-state index < -0.39 is 0 Å². The fraction of sp³-hybridized carbons (Fsp3) is 0.769. The van der Waals surface area contributed by atoms with Gasteiger partial charge in [0.25, 0.3) is 0 Å². The lowest BCUT2D eigenvalue weighted by molar-refractivity contribution is 0.253. The van der Waals surface area contributed by atoms with E-state index in [4.69, 9.17) is 11.5 Å². The molecule has 1 unspecified atom stereocenters. The summed E-state index contributed by atoms with van der Waals surface area (Å²) < 4.78 is 0. The third-order valence-electron chi connectivity index (χ3n) is 2.44. The standard InChI is InChI=1S/C13H25N3O/c1-4-7-12(8-10-17)11-16-13(14-6-3)15-9-5-2/h2,12,17H,4,6-11H2,1,3H3,(H2,14,15,16). The van der Waals surface area contributed by atoms with Crippen molar-refractivity contribution in [2.45, 2.75) is 33.1 Å². The van der Waals surface area contributed by atoms with Crippen LogP contribution in [0.4, 0.5) is 0 Å².